The SMILES string of the molecule is COc1ccc(C(=O)CBr)cc1O[Si](C)(C)C(C)(C)C. The Labute approximate surface area is 130 Å². The minimum Gasteiger partial charge on any atom is -0.541 e. The van der Waals surface area contributed by atoms with Gasteiger partial charge in [0, 0.05) is 5.56 Å². The van der Waals surface area contributed by atoms with Crippen LogP contribution in [-0.4, -0.2) is 26.5 Å². The molecule has 0 saturated carbocycles. The summed E-state index contributed by atoms with van der Waals surface area (Å²) in [6.45, 7) is 10.9. The van der Waals surface area contributed by atoms with Crippen molar-refractivity contribution in [2.24, 2.45) is 0 Å². The van der Waals surface area contributed by atoms with Crippen molar-refractivity contribution in [1.82, 2.24) is 0 Å². The van der Waals surface area contributed by atoms with Gasteiger partial charge in [-0.05, 0) is 36.3 Å². The Morgan fingerprint density at radius 1 is 1.25 bits per heavy atom. The first-order valence-electron chi connectivity index (χ1n) is 6.58. The lowest BCUT2D eigenvalue weighted by molar-refractivity contribution is 0.102. The molecule has 0 amide bonds. The molecule has 5 heteroatoms. The molecule has 0 spiro atoms. The maximum atomic E-state index is 11.8. The molecule has 0 heterocycles. The van der Waals surface area contributed by atoms with Crippen LogP contribution in [0.15, 0.2) is 18.2 Å². The average Bonchev–Trinajstić information content (AvgIpc) is 2.36. The van der Waals surface area contributed by atoms with Crippen LogP contribution in [0.2, 0.25) is 18.1 Å². The second kappa shape index (κ2) is 6.31. The van der Waals surface area contributed by atoms with E-state index in [1.807, 2.05) is 0 Å². The van der Waals surface area contributed by atoms with Crippen molar-refractivity contribution in [3.05, 3.63) is 23.8 Å². The Bertz CT molecular complexity index is 492. The van der Waals surface area contributed by atoms with Crippen LogP contribution in [0.3, 0.4) is 0 Å². The molecule has 1 rings (SSSR count). The van der Waals surface area contributed by atoms with Gasteiger partial charge in [-0.3, -0.25) is 4.79 Å². The lowest BCUT2D eigenvalue weighted by Gasteiger charge is -2.36. The predicted molar refractivity (Wildman–Crippen MR) is 88.9 cm³/mol. The summed E-state index contributed by atoms with van der Waals surface area (Å²) in [4.78, 5) is 11.8. The number of halogens is 1. The topological polar surface area (TPSA) is 35.5 Å². The second-order valence-corrected chi connectivity index (χ2v) is 11.6. The van der Waals surface area contributed by atoms with Gasteiger partial charge in [0.1, 0.15) is 5.75 Å². The van der Waals surface area contributed by atoms with E-state index in [0.29, 0.717) is 22.4 Å². The lowest BCUT2D eigenvalue weighted by atomic mass is 10.1. The van der Waals surface area contributed by atoms with E-state index >= 15 is 0 Å². The van der Waals surface area contributed by atoms with Crippen molar-refractivity contribution < 1.29 is 14.0 Å². The van der Waals surface area contributed by atoms with Gasteiger partial charge in [0.15, 0.2) is 11.5 Å². The summed E-state index contributed by atoms with van der Waals surface area (Å²) in [6, 6.07) is 5.34. The molecule has 3 nitrogen and oxygen atoms in total. The van der Waals surface area contributed by atoms with Crippen LogP contribution in [0.1, 0.15) is 31.1 Å². The summed E-state index contributed by atoms with van der Waals surface area (Å²) >= 11 is 3.19. The van der Waals surface area contributed by atoms with E-state index in [-0.39, 0.29) is 10.8 Å². The van der Waals surface area contributed by atoms with Gasteiger partial charge in [0.2, 0.25) is 0 Å². The molecule has 0 unspecified atom stereocenters. The number of rotatable bonds is 5. The molecule has 0 radical (unpaired) electrons. The first kappa shape index (κ1) is 17.2. The molecule has 1 aromatic rings. The number of benzene rings is 1. The molecule has 0 aliphatic heterocycles. The second-order valence-electron chi connectivity index (χ2n) is 6.28. The molecule has 0 bridgehead atoms. The van der Waals surface area contributed by atoms with E-state index in [2.05, 4.69) is 49.8 Å². The number of carbonyl (C=O) groups excluding carboxylic acids is 1. The zero-order valence-corrected chi connectivity index (χ0v) is 15.6. The van der Waals surface area contributed by atoms with Crippen molar-refractivity contribution in [3.63, 3.8) is 0 Å². The summed E-state index contributed by atoms with van der Waals surface area (Å²) in [6.07, 6.45) is 0. The predicted octanol–water partition coefficient (Wildman–Crippen LogP) is 4.66. The molecule has 20 heavy (non-hydrogen) atoms. The van der Waals surface area contributed by atoms with Gasteiger partial charge in [-0.2, -0.15) is 0 Å². The molecule has 0 aliphatic carbocycles. The standard InChI is InChI=1S/C15H23BrO3Si/c1-15(2,3)20(5,6)19-14-9-11(12(17)10-16)7-8-13(14)18-4/h7-9H,10H2,1-6H3. The summed E-state index contributed by atoms with van der Waals surface area (Å²) in [7, 11) is -0.353. The van der Waals surface area contributed by atoms with E-state index in [1.165, 1.54) is 0 Å². The lowest BCUT2D eigenvalue weighted by Crippen LogP contribution is -2.44. The van der Waals surface area contributed by atoms with Crippen LogP contribution in [0.5, 0.6) is 11.5 Å². The molecule has 1 aromatic carbocycles. The summed E-state index contributed by atoms with van der Waals surface area (Å²) in [5, 5.41) is 0.395. The number of Topliss-reactive ketones (excluding diaryl/α,β-unsaturated/α-hetero) is 1. The van der Waals surface area contributed by atoms with Gasteiger partial charge in [-0.25, -0.2) is 0 Å². The van der Waals surface area contributed by atoms with E-state index in [9.17, 15) is 4.79 Å². The molecule has 112 valence electrons. The maximum absolute atomic E-state index is 11.8. The van der Waals surface area contributed by atoms with Gasteiger partial charge in [-0.1, -0.05) is 36.7 Å². The van der Waals surface area contributed by atoms with Gasteiger partial charge in [0.05, 0.1) is 12.4 Å². The van der Waals surface area contributed by atoms with Crippen LogP contribution < -0.4 is 9.16 Å². The van der Waals surface area contributed by atoms with E-state index in [4.69, 9.17) is 9.16 Å². The first-order chi connectivity index (χ1) is 9.12. The molecule has 0 N–H and O–H groups in total. The summed E-state index contributed by atoms with van der Waals surface area (Å²) in [5.41, 5.74) is 0.636. The van der Waals surface area contributed by atoms with Crippen molar-refractivity contribution in [3.8, 4) is 11.5 Å². The number of methoxy groups -OCH3 is 1. The molecule has 0 fully saturated rings. The third-order valence-electron chi connectivity index (χ3n) is 3.78. The fourth-order valence-electron chi connectivity index (χ4n) is 1.44. The monoisotopic (exact) mass is 358 g/mol. The molecule has 0 aromatic heterocycles. The van der Waals surface area contributed by atoms with Crippen molar-refractivity contribution >= 4 is 30.0 Å². The number of alkyl halides is 1. The largest absolute Gasteiger partial charge is 0.541 e. The Kier molecular flexibility index (Phi) is 5.44. The van der Waals surface area contributed by atoms with E-state index < -0.39 is 8.32 Å². The zero-order valence-electron chi connectivity index (χ0n) is 13.0. The molecular formula is C15H23BrO3Si. The Hall–Kier alpha value is -0.813. The quantitative estimate of drug-likeness (QED) is 0.436. The fraction of sp³-hybridized carbons (Fsp3) is 0.533. The average molecular weight is 359 g/mol. The number of hydrogen-bond donors (Lipinski definition) is 0. The summed E-state index contributed by atoms with van der Waals surface area (Å²) in [5.74, 6) is 1.36. The molecular weight excluding hydrogens is 336 g/mol. The third kappa shape index (κ3) is 3.85. The molecule has 0 aliphatic rings. The van der Waals surface area contributed by atoms with Crippen LogP contribution in [0, 0.1) is 0 Å². The first-order valence-corrected chi connectivity index (χ1v) is 10.6. The highest BCUT2D eigenvalue weighted by molar-refractivity contribution is 9.09. The third-order valence-corrected chi connectivity index (χ3v) is 8.63. The Balaban J connectivity index is 3.18. The van der Waals surface area contributed by atoms with Crippen molar-refractivity contribution in [2.45, 2.75) is 38.9 Å². The maximum Gasteiger partial charge on any atom is 0.250 e. The molecule has 0 atom stereocenters. The van der Waals surface area contributed by atoms with Crippen LogP contribution in [0.4, 0.5) is 0 Å². The van der Waals surface area contributed by atoms with Gasteiger partial charge < -0.3 is 9.16 Å². The zero-order chi connectivity index (χ0) is 15.6. The smallest absolute Gasteiger partial charge is 0.250 e. The van der Waals surface area contributed by atoms with Gasteiger partial charge in [0.25, 0.3) is 8.32 Å². The minimum absolute atomic E-state index is 0.0349. The van der Waals surface area contributed by atoms with Crippen molar-refractivity contribution in [2.75, 3.05) is 12.4 Å². The highest BCUT2D eigenvalue weighted by atomic mass is 79.9. The highest BCUT2D eigenvalue weighted by Crippen LogP contribution is 2.40. The fourth-order valence-corrected chi connectivity index (χ4v) is 2.77. The normalized spacial score (nSPS) is 12.2. The minimum atomic E-state index is -1.96. The van der Waals surface area contributed by atoms with Crippen LogP contribution in [0.25, 0.3) is 0 Å². The number of carbonyl (C=O) groups is 1. The summed E-state index contributed by atoms with van der Waals surface area (Å²) < 4.78 is 11.6. The van der Waals surface area contributed by atoms with Crippen LogP contribution in [-0.2, 0) is 0 Å². The van der Waals surface area contributed by atoms with Gasteiger partial charge >= 0.3 is 0 Å². The van der Waals surface area contributed by atoms with E-state index in [0.717, 1.165) is 0 Å². The van der Waals surface area contributed by atoms with E-state index in [1.54, 1.807) is 25.3 Å². The number of hydrogen-bond acceptors (Lipinski definition) is 3. The highest BCUT2D eigenvalue weighted by Gasteiger charge is 2.39. The Morgan fingerprint density at radius 3 is 2.30 bits per heavy atom. The van der Waals surface area contributed by atoms with Gasteiger partial charge in [-0.15, -0.1) is 0 Å². The number of ketones is 1. The Morgan fingerprint density at radius 2 is 1.85 bits per heavy atom. The van der Waals surface area contributed by atoms with Crippen molar-refractivity contribution in [1.29, 1.82) is 0 Å². The number of ether oxygens (including phenoxy) is 1. The van der Waals surface area contributed by atoms with Crippen LogP contribution >= 0.6 is 15.9 Å². The molecule has 0 saturated heterocycles.